The van der Waals surface area contributed by atoms with Crippen LogP contribution < -0.4 is 5.73 Å². The maximum Gasteiger partial charge on any atom is 0.0538 e. The van der Waals surface area contributed by atoms with Gasteiger partial charge >= 0.3 is 0 Å². The van der Waals surface area contributed by atoms with Crippen LogP contribution in [0.15, 0.2) is 12.4 Å². The molecule has 2 atom stereocenters. The zero-order valence-corrected chi connectivity index (χ0v) is 11.8. The summed E-state index contributed by atoms with van der Waals surface area (Å²) < 4.78 is 1.87. The van der Waals surface area contributed by atoms with Gasteiger partial charge in [-0.15, -0.1) is 0 Å². The van der Waals surface area contributed by atoms with Crippen LogP contribution in [0.25, 0.3) is 0 Å². The Morgan fingerprint density at radius 3 is 2.72 bits per heavy atom. The molecule has 1 saturated carbocycles. The zero-order valence-electron chi connectivity index (χ0n) is 11.8. The molecule has 0 spiro atoms. The highest BCUT2D eigenvalue weighted by atomic mass is 15.3. The predicted octanol–water partition coefficient (Wildman–Crippen LogP) is 1.93. The summed E-state index contributed by atoms with van der Waals surface area (Å²) in [6.45, 7) is 6.65. The van der Waals surface area contributed by atoms with Crippen LogP contribution in [0, 0.1) is 5.92 Å². The Morgan fingerprint density at radius 1 is 1.56 bits per heavy atom. The number of rotatable bonds is 7. The van der Waals surface area contributed by atoms with E-state index in [1.54, 1.807) is 0 Å². The van der Waals surface area contributed by atoms with Gasteiger partial charge in [0, 0.05) is 31.4 Å². The molecule has 1 heterocycles. The molecular formula is C14H26N4. The van der Waals surface area contributed by atoms with Crippen molar-refractivity contribution in [2.24, 2.45) is 18.7 Å². The second-order valence-corrected chi connectivity index (χ2v) is 5.69. The van der Waals surface area contributed by atoms with Crippen molar-refractivity contribution in [3.8, 4) is 0 Å². The van der Waals surface area contributed by atoms with Crippen LogP contribution in [0.2, 0.25) is 0 Å². The molecule has 0 saturated heterocycles. The third-order valence-electron chi connectivity index (χ3n) is 3.66. The number of aryl methyl sites for hydroxylation is 1. The lowest BCUT2D eigenvalue weighted by atomic mass is 10.0. The maximum absolute atomic E-state index is 6.23. The van der Waals surface area contributed by atoms with Crippen molar-refractivity contribution in [1.82, 2.24) is 14.7 Å². The average Bonchev–Trinajstić information content (AvgIpc) is 3.01. The maximum atomic E-state index is 6.23. The molecule has 2 unspecified atom stereocenters. The van der Waals surface area contributed by atoms with Crippen molar-refractivity contribution in [2.45, 2.75) is 45.2 Å². The summed E-state index contributed by atoms with van der Waals surface area (Å²) in [7, 11) is 1.97. The smallest absolute Gasteiger partial charge is 0.0538 e. The fourth-order valence-electron chi connectivity index (χ4n) is 2.70. The first-order valence-electron chi connectivity index (χ1n) is 7.10. The number of hydrogen-bond donors (Lipinski definition) is 1. The molecule has 102 valence electrons. The Morgan fingerprint density at radius 2 is 2.28 bits per heavy atom. The van der Waals surface area contributed by atoms with Crippen LogP contribution in [-0.2, 0) is 7.05 Å². The normalized spacial score (nSPS) is 19.2. The lowest BCUT2D eigenvalue weighted by Gasteiger charge is -2.33. The van der Waals surface area contributed by atoms with Gasteiger partial charge in [-0.05, 0) is 38.6 Å². The molecule has 0 aromatic carbocycles. The molecule has 2 rings (SSSR count). The van der Waals surface area contributed by atoms with Gasteiger partial charge in [-0.2, -0.15) is 5.10 Å². The number of nitrogens with zero attached hydrogens (tertiary/aromatic N) is 3. The summed E-state index contributed by atoms with van der Waals surface area (Å²) in [5, 5.41) is 4.29. The fraction of sp³-hybridized carbons (Fsp3) is 0.786. The lowest BCUT2D eigenvalue weighted by molar-refractivity contribution is 0.169. The molecule has 1 fully saturated rings. The van der Waals surface area contributed by atoms with Crippen LogP contribution in [0.1, 0.15) is 44.7 Å². The van der Waals surface area contributed by atoms with Gasteiger partial charge in [0.05, 0.1) is 12.2 Å². The molecule has 2 N–H and O–H groups in total. The molecule has 1 aliphatic rings. The molecule has 0 aliphatic heterocycles. The number of hydrogen-bond acceptors (Lipinski definition) is 3. The first-order valence-corrected chi connectivity index (χ1v) is 7.10. The van der Waals surface area contributed by atoms with E-state index in [-0.39, 0.29) is 6.04 Å². The zero-order chi connectivity index (χ0) is 13.1. The first kappa shape index (κ1) is 13.6. The predicted molar refractivity (Wildman–Crippen MR) is 74.2 cm³/mol. The summed E-state index contributed by atoms with van der Waals surface area (Å²) in [5.41, 5.74) is 7.48. The molecular weight excluding hydrogens is 224 g/mol. The van der Waals surface area contributed by atoms with Crippen molar-refractivity contribution in [2.75, 3.05) is 13.1 Å². The summed E-state index contributed by atoms with van der Waals surface area (Å²) in [6.07, 6.45) is 8.02. The van der Waals surface area contributed by atoms with E-state index in [1.165, 1.54) is 31.4 Å². The van der Waals surface area contributed by atoms with E-state index in [4.69, 9.17) is 5.73 Å². The Bertz CT molecular complexity index is 368. The Labute approximate surface area is 110 Å². The third-order valence-corrected chi connectivity index (χ3v) is 3.66. The third kappa shape index (κ3) is 3.33. The van der Waals surface area contributed by atoms with Gasteiger partial charge in [0.1, 0.15) is 0 Å². The van der Waals surface area contributed by atoms with Gasteiger partial charge in [-0.3, -0.25) is 9.58 Å². The van der Waals surface area contributed by atoms with Crippen molar-refractivity contribution < 1.29 is 0 Å². The molecule has 1 aromatic rings. The van der Waals surface area contributed by atoms with Gasteiger partial charge in [0.2, 0.25) is 0 Å². The van der Waals surface area contributed by atoms with Crippen LogP contribution in [0.5, 0.6) is 0 Å². The van der Waals surface area contributed by atoms with Crippen molar-refractivity contribution in [3.05, 3.63) is 18.0 Å². The highest BCUT2D eigenvalue weighted by Gasteiger charge is 2.30. The first-order chi connectivity index (χ1) is 8.61. The summed E-state index contributed by atoms with van der Waals surface area (Å²) in [4.78, 5) is 2.55. The number of nitrogens with two attached hydrogens (primary N) is 1. The topological polar surface area (TPSA) is 47.1 Å². The molecule has 4 heteroatoms. The highest BCUT2D eigenvalue weighted by molar-refractivity contribution is 5.13. The minimum atomic E-state index is 0.138. The van der Waals surface area contributed by atoms with Crippen LogP contribution >= 0.6 is 0 Å². The van der Waals surface area contributed by atoms with Crippen LogP contribution in [-0.4, -0.2) is 33.8 Å². The quantitative estimate of drug-likeness (QED) is 0.804. The second-order valence-electron chi connectivity index (χ2n) is 5.69. The number of aromatic nitrogens is 2. The Balaban J connectivity index is 2.14. The van der Waals surface area contributed by atoms with Gasteiger partial charge in [0.25, 0.3) is 0 Å². The molecule has 1 aliphatic carbocycles. The Kier molecular flexibility index (Phi) is 4.40. The molecule has 0 amide bonds. The molecule has 0 bridgehead atoms. The van der Waals surface area contributed by atoms with Crippen molar-refractivity contribution in [3.63, 3.8) is 0 Å². The fourth-order valence-corrected chi connectivity index (χ4v) is 2.70. The lowest BCUT2D eigenvalue weighted by Crippen LogP contribution is -2.41. The molecule has 1 aromatic heterocycles. The minimum absolute atomic E-state index is 0.138. The largest absolute Gasteiger partial charge is 0.326 e. The van der Waals surface area contributed by atoms with E-state index in [9.17, 15) is 0 Å². The van der Waals surface area contributed by atoms with Crippen LogP contribution in [0.4, 0.5) is 0 Å². The minimum Gasteiger partial charge on any atom is -0.326 e. The average molecular weight is 250 g/mol. The van der Waals surface area contributed by atoms with Gasteiger partial charge in [-0.1, -0.05) is 6.92 Å². The standard InChI is InChI=1S/C14H26N4/c1-4-7-18(9-12-5-6-12)14(11(2)15)13-8-16-17(3)10-13/h8,10-12,14H,4-7,9,15H2,1-3H3. The van der Waals surface area contributed by atoms with Crippen LogP contribution in [0.3, 0.4) is 0 Å². The van der Waals surface area contributed by atoms with E-state index >= 15 is 0 Å². The van der Waals surface area contributed by atoms with Gasteiger partial charge < -0.3 is 5.73 Å². The van der Waals surface area contributed by atoms with Gasteiger partial charge in [-0.25, -0.2) is 0 Å². The van der Waals surface area contributed by atoms with E-state index < -0.39 is 0 Å². The van der Waals surface area contributed by atoms with E-state index in [1.807, 2.05) is 17.9 Å². The Hall–Kier alpha value is -0.870. The molecule has 18 heavy (non-hydrogen) atoms. The summed E-state index contributed by atoms with van der Waals surface area (Å²) >= 11 is 0. The van der Waals surface area contributed by atoms with Crippen molar-refractivity contribution >= 4 is 0 Å². The summed E-state index contributed by atoms with van der Waals surface area (Å²) in [5.74, 6) is 0.898. The monoisotopic (exact) mass is 250 g/mol. The van der Waals surface area contributed by atoms with Gasteiger partial charge in [0.15, 0.2) is 0 Å². The van der Waals surface area contributed by atoms with E-state index in [0.29, 0.717) is 6.04 Å². The second kappa shape index (κ2) is 5.85. The van der Waals surface area contributed by atoms with Crippen molar-refractivity contribution in [1.29, 1.82) is 0 Å². The highest BCUT2D eigenvalue weighted by Crippen LogP contribution is 2.33. The van der Waals surface area contributed by atoms with E-state index in [0.717, 1.165) is 12.5 Å². The molecule has 0 radical (unpaired) electrons. The summed E-state index contributed by atoms with van der Waals surface area (Å²) in [6, 6.07) is 0.443. The molecule has 4 nitrogen and oxygen atoms in total. The van der Waals surface area contributed by atoms with E-state index in [2.05, 4.69) is 30.0 Å². The SMILES string of the molecule is CCCN(CC1CC1)C(c1cnn(C)c1)C(C)N.